The molecular weight excluding hydrogens is 467 g/mol. The van der Waals surface area contributed by atoms with Gasteiger partial charge in [-0.2, -0.15) is 0 Å². The van der Waals surface area contributed by atoms with Gasteiger partial charge in [-0.1, -0.05) is 36.4 Å². The summed E-state index contributed by atoms with van der Waals surface area (Å²) in [7, 11) is 3.34. The fraction of sp³-hybridized carbons (Fsp3) is 0.296. The van der Waals surface area contributed by atoms with Gasteiger partial charge in [-0.3, -0.25) is 14.4 Å². The van der Waals surface area contributed by atoms with E-state index in [1.54, 1.807) is 49.3 Å². The van der Waals surface area contributed by atoms with Gasteiger partial charge >= 0.3 is 0 Å². The highest BCUT2D eigenvalue weighted by Gasteiger charge is 2.64. The fourth-order valence-corrected chi connectivity index (χ4v) is 6.15. The molecule has 3 aliphatic rings. The summed E-state index contributed by atoms with van der Waals surface area (Å²) in [6.45, 7) is 0. The molecule has 2 aromatic rings. The Labute approximate surface area is 206 Å². The van der Waals surface area contributed by atoms with Gasteiger partial charge in [0.05, 0.1) is 11.1 Å². The van der Waals surface area contributed by atoms with E-state index in [2.05, 4.69) is 0 Å². The smallest absolute Gasteiger partial charge is 0.252 e. The Balaban J connectivity index is 1.81. The molecule has 0 radical (unpaired) electrons. The van der Waals surface area contributed by atoms with E-state index < -0.39 is 69.8 Å². The summed E-state index contributed by atoms with van der Waals surface area (Å²) in [6, 6.07) is 10.2. The molecule has 8 nitrogen and oxygen atoms in total. The predicted octanol–water partition coefficient (Wildman–Crippen LogP) is 1.81. The number of amides is 1. The summed E-state index contributed by atoms with van der Waals surface area (Å²) in [4.78, 5) is 41.0. The highest BCUT2D eigenvalue weighted by molar-refractivity contribution is 6.32. The van der Waals surface area contributed by atoms with Gasteiger partial charge in [0.1, 0.15) is 17.3 Å². The number of carbonyl (C=O) groups excluding carboxylic acids is 3. The molecule has 0 bridgehead atoms. The zero-order chi connectivity index (χ0) is 26.1. The van der Waals surface area contributed by atoms with Crippen molar-refractivity contribution in [3.05, 3.63) is 82.2 Å². The Morgan fingerprint density at radius 2 is 1.75 bits per heavy atom. The van der Waals surface area contributed by atoms with Gasteiger partial charge < -0.3 is 26.0 Å². The van der Waals surface area contributed by atoms with Gasteiger partial charge in [-0.25, -0.2) is 4.39 Å². The van der Waals surface area contributed by atoms with Crippen molar-refractivity contribution in [3.63, 3.8) is 0 Å². The SMILES string of the molecule is CN(C)[C@@H]1C=C(C(N)=O)C(=O)[C@@]2(O)C(=O)C3=C(O)c4c(O)ccc(F)c4[C@H](c4ccccc4)[C@H]3C[C@@H]12. The standard InChI is InChI=1S/C27H25FN2O6/c1-30(2)17-11-14(26(29)35)24(33)27(36)15(17)10-13-19(12-6-4-3-5-7-12)21-16(28)8-9-18(31)22(21)23(32)20(13)25(27)34/h3-9,11,13,15,17,19,31-32,36H,10H2,1-2H3,(H2,29,35)/t13-,15+,17-,19-,27-/m1/s1. The summed E-state index contributed by atoms with van der Waals surface area (Å²) < 4.78 is 15.3. The van der Waals surface area contributed by atoms with Crippen molar-refractivity contribution in [1.29, 1.82) is 0 Å². The van der Waals surface area contributed by atoms with E-state index in [1.807, 2.05) is 0 Å². The number of rotatable bonds is 3. The van der Waals surface area contributed by atoms with Gasteiger partial charge in [0.15, 0.2) is 5.60 Å². The first kappa shape index (κ1) is 23.9. The topological polar surface area (TPSA) is 141 Å². The van der Waals surface area contributed by atoms with E-state index in [9.17, 15) is 29.7 Å². The molecule has 0 spiro atoms. The van der Waals surface area contributed by atoms with Gasteiger partial charge in [-0.05, 0) is 38.2 Å². The molecule has 3 aliphatic carbocycles. The molecule has 0 heterocycles. The summed E-state index contributed by atoms with van der Waals surface area (Å²) in [5, 5.41) is 33.5. The third-order valence-electron chi connectivity index (χ3n) is 7.74. The third kappa shape index (κ3) is 3.09. The Morgan fingerprint density at radius 3 is 2.36 bits per heavy atom. The molecule has 5 rings (SSSR count). The van der Waals surface area contributed by atoms with Crippen LogP contribution in [0.5, 0.6) is 5.75 Å². The van der Waals surface area contributed by atoms with Crippen molar-refractivity contribution >= 4 is 23.2 Å². The van der Waals surface area contributed by atoms with Gasteiger partial charge in [0.2, 0.25) is 11.6 Å². The number of benzene rings is 2. The Bertz CT molecular complexity index is 1380. The van der Waals surface area contributed by atoms with Crippen molar-refractivity contribution < 1.29 is 34.1 Å². The van der Waals surface area contributed by atoms with E-state index >= 15 is 4.39 Å². The van der Waals surface area contributed by atoms with Crippen LogP contribution in [-0.4, -0.2) is 63.4 Å². The number of aliphatic hydroxyl groups excluding tert-OH is 1. The number of likely N-dealkylation sites (N-methyl/N-ethyl adjacent to an activating group) is 1. The van der Waals surface area contributed by atoms with Crippen molar-refractivity contribution in [3.8, 4) is 5.75 Å². The number of nitrogens with zero attached hydrogens (tertiary/aromatic N) is 1. The molecule has 9 heteroatoms. The molecular formula is C27H25FN2O6. The zero-order valence-electron chi connectivity index (χ0n) is 19.6. The second-order valence-corrected chi connectivity index (χ2v) is 9.78. The molecule has 1 saturated carbocycles. The zero-order valence-corrected chi connectivity index (χ0v) is 19.6. The molecule has 0 aromatic heterocycles. The maximum absolute atomic E-state index is 15.3. The maximum Gasteiger partial charge on any atom is 0.252 e. The first-order valence-corrected chi connectivity index (χ1v) is 11.5. The van der Waals surface area contributed by atoms with Crippen molar-refractivity contribution in [1.82, 2.24) is 4.90 Å². The summed E-state index contributed by atoms with van der Waals surface area (Å²) >= 11 is 0. The normalized spacial score (nSPS) is 29.4. The minimum atomic E-state index is -2.67. The number of phenols is 1. The van der Waals surface area contributed by atoms with Crippen LogP contribution in [0.4, 0.5) is 4.39 Å². The molecule has 0 saturated heterocycles. The molecule has 0 aliphatic heterocycles. The van der Waals surface area contributed by atoms with Gasteiger partial charge in [0, 0.05) is 34.9 Å². The lowest BCUT2D eigenvalue weighted by molar-refractivity contribution is -0.160. The average molecular weight is 493 g/mol. The number of hydrogen-bond donors (Lipinski definition) is 4. The van der Waals surface area contributed by atoms with Crippen molar-refractivity contribution in [2.45, 2.75) is 24.0 Å². The van der Waals surface area contributed by atoms with Crippen LogP contribution >= 0.6 is 0 Å². The largest absolute Gasteiger partial charge is 0.507 e. The monoisotopic (exact) mass is 492 g/mol. The summed E-state index contributed by atoms with van der Waals surface area (Å²) in [6.07, 6.45) is 1.36. The van der Waals surface area contributed by atoms with Crippen LogP contribution in [0, 0.1) is 17.7 Å². The number of halogens is 1. The molecule has 0 unspecified atom stereocenters. The second kappa shape index (κ2) is 8.11. The minimum Gasteiger partial charge on any atom is -0.507 e. The van der Waals surface area contributed by atoms with Crippen LogP contribution in [0.25, 0.3) is 5.76 Å². The number of aliphatic hydroxyl groups is 2. The summed E-state index contributed by atoms with van der Waals surface area (Å²) in [5.41, 5.74) is 2.35. The second-order valence-electron chi connectivity index (χ2n) is 9.78. The number of Topliss-reactive ketones (excluding diaryl/α,β-unsaturated/α-hetero) is 2. The first-order chi connectivity index (χ1) is 17.0. The van der Waals surface area contributed by atoms with Crippen LogP contribution in [0.3, 0.4) is 0 Å². The average Bonchev–Trinajstić information content (AvgIpc) is 2.83. The number of nitrogens with two attached hydrogens (primary N) is 1. The maximum atomic E-state index is 15.3. The molecule has 2 aromatic carbocycles. The van der Waals surface area contributed by atoms with Crippen LogP contribution in [0.2, 0.25) is 0 Å². The van der Waals surface area contributed by atoms with Gasteiger partial charge in [-0.15, -0.1) is 0 Å². The first-order valence-electron chi connectivity index (χ1n) is 11.5. The minimum absolute atomic E-state index is 0.00680. The van der Waals surface area contributed by atoms with Crippen LogP contribution < -0.4 is 5.73 Å². The van der Waals surface area contributed by atoms with E-state index in [0.717, 1.165) is 12.1 Å². The van der Waals surface area contributed by atoms with Crippen LogP contribution in [0.1, 0.15) is 29.0 Å². The van der Waals surface area contributed by atoms with Crippen molar-refractivity contribution in [2.24, 2.45) is 17.6 Å². The van der Waals surface area contributed by atoms with E-state index in [0.29, 0.717) is 5.56 Å². The lowest BCUT2D eigenvalue weighted by Gasteiger charge is -2.51. The number of ketones is 2. The molecule has 5 N–H and O–H groups in total. The number of phenolic OH excluding ortho intramolecular Hbond substituents is 1. The lowest BCUT2D eigenvalue weighted by Crippen LogP contribution is -2.66. The molecule has 1 amide bonds. The molecule has 1 fully saturated rings. The Hall–Kier alpha value is -3.82. The molecule has 36 heavy (non-hydrogen) atoms. The number of primary amides is 1. The predicted molar refractivity (Wildman–Crippen MR) is 127 cm³/mol. The highest BCUT2D eigenvalue weighted by atomic mass is 19.1. The number of fused-ring (bicyclic) bond motifs is 3. The number of hydrogen-bond acceptors (Lipinski definition) is 7. The quantitative estimate of drug-likeness (QED) is 0.378. The number of carbonyl (C=O) groups is 3. The van der Waals surface area contributed by atoms with E-state index in [-0.39, 0.29) is 23.1 Å². The Kier molecular flexibility index (Phi) is 5.38. The fourth-order valence-electron chi connectivity index (χ4n) is 6.15. The van der Waals surface area contributed by atoms with Crippen molar-refractivity contribution in [2.75, 3.05) is 14.1 Å². The Morgan fingerprint density at radius 1 is 1.08 bits per heavy atom. The van der Waals surface area contributed by atoms with E-state index in [4.69, 9.17) is 5.73 Å². The highest BCUT2D eigenvalue weighted by Crippen LogP contribution is 2.56. The van der Waals surface area contributed by atoms with E-state index in [1.165, 1.54) is 6.08 Å². The van der Waals surface area contributed by atoms with Crippen LogP contribution in [-0.2, 0) is 14.4 Å². The lowest BCUT2D eigenvalue weighted by atomic mass is 9.54. The third-order valence-corrected chi connectivity index (χ3v) is 7.74. The van der Waals surface area contributed by atoms with Crippen LogP contribution in [0.15, 0.2) is 59.7 Å². The van der Waals surface area contributed by atoms with Gasteiger partial charge in [0.25, 0.3) is 5.91 Å². The molecule has 5 atom stereocenters. The number of aromatic hydroxyl groups is 1. The summed E-state index contributed by atoms with van der Waals surface area (Å²) in [5.74, 6) is -7.74. The molecule has 186 valence electrons.